The average molecular weight is 327 g/mol. The minimum atomic E-state index is -0.316. The van der Waals surface area contributed by atoms with Crippen LogP contribution in [0.3, 0.4) is 0 Å². The third-order valence-electron chi connectivity index (χ3n) is 2.62. The topological polar surface area (TPSA) is 75.2 Å². The van der Waals surface area contributed by atoms with Gasteiger partial charge in [-0.25, -0.2) is 9.97 Å². The standard InChI is InChI=1S/C12H15BrN4O2/c1-12(2,3)11-14-7(13)4-8(15-11)17-5-9(18)16-10(19)6-17/h4H,5-6H2,1-3H3,(H,16,18,19). The van der Waals surface area contributed by atoms with Gasteiger partial charge >= 0.3 is 0 Å². The molecular formula is C12H15BrN4O2. The Morgan fingerprint density at radius 1 is 1.21 bits per heavy atom. The Morgan fingerprint density at radius 2 is 1.79 bits per heavy atom. The van der Waals surface area contributed by atoms with Gasteiger partial charge in [-0.3, -0.25) is 14.9 Å². The lowest BCUT2D eigenvalue weighted by Crippen LogP contribution is -2.51. The Hall–Kier alpha value is -1.50. The minimum Gasteiger partial charge on any atom is -0.338 e. The molecule has 1 fully saturated rings. The van der Waals surface area contributed by atoms with Crippen LogP contribution in [-0.2, 0) is 15.0 Å². The molecule has 0 aromatic carbocycles. The van der Waals surface area contributed by atoms with E-state index in [1.807, 2.05) is 20.8 Å². The zero-order chi connectivity index (χ0) is 14.2. The summed E-state index contributed by atoms with van der Waals surface area (Å²) in [6, 6.07) is 1.71. The number of nitrogens with one attached hydrogen (secondary N) is 1. The Labute approximate surface area is 119 Å². The first-order valence-electron chi connectivity index (χ1n) is 5.88. The number of hydrogen-bond donors (Lipinski definition) is 1. The summed E-state index contributed by atoms with van der Waals surface area (Å²) in [7, 11) is 0. The lowest BCUT2D eigenvalue weighted by molar-refractivity contribution is -0.130. The average Bonchev–Trinajstić information content (AvgIpc) is 2.25. The normalized spacial score (nSPS) is 16.5. The fourth-order valence-electron chi connectivity index (χ4n) is 1.70. The van der Waals surface area contributed by atoms with Crippen LogP contribution in [-0.4, -0.2) is 34.9 Å². The molecule has 1 aromatic heterocycles. The van der Waals surface area contributed by atoms with Gasteiger partial charge < -0.3 is 4.90 Å². The fraction of sp³-hybridized carbons (Fsp3) is 0.500. The molecule has 102 valence electrons. The number of halogens is 1. The monoisotopic (exact) mass is 326 g/mol. The molecule has 2 rings (SSSR count). The van der Waals surface area contributed by atoms with E-state index in [9.17, 15) is 9.59 Å². The number of anilines is 1. The first-order chi connectivity index (χ1) is 8.75. The number of carbonyl (C=O) groups is 2. The number of carbonyl (C=O) groups excluding carboxylic acids is 2. The number of amides is 2. The predicted molar refractivity (Wildman–Crippen MR) is 73.8 cm³/mol. The number of rotatable bonds is 1. The highest BCUT2D eigenvalue weighted by molar-refractivity contribution is 9.10. The van der Waals surface area contributed by atoms with E-state index in [0.29, 0.717) is 16.2 Å². The second-order valence-electron chi connectivity index (χ2n) is 5.45. The predicted octanol–water partition coefficient (Wildman–Crippen LogP) is 0.999. The van der Waals surface area contributed by atoms with Gasteiger partial charge in [0.05, 0.1) is 13.1 Å². The molecule has 1 aliphatic heterocycles. The van der Waals surface area contributed by atoms with Gasteiger partial charge in [-0.05, 0) is 15.9 Å². The first kappa shape index (κ1) is 13.9. The number of piperazine rings is 1. The third kappa shape index (κ3) is 3.28. The van der Waals surface area contributed by atoms with Crippen LogP contribution in [0.15, 0.2) is 10.7 Å². The summed E-state index contributed by atoms with van der Waals surface area (Å²) in [5.74, 6) is 0.608. The van der Waals surface area contributed by atoms with Crippen molar-refractivity contribution in [2.45, 2.75) is 26.2 Å². The van der Waals surface area contributed by atoms with Crippen LogP contribution < -0.4 is 10.2 Å². The molecule has 0 aliphatic carbocycles. The summed E-state index contributed by atoms with van der Waals surface area (Å²) >= 11 is 3.34. The zero-order valence-corrected chi connectivity index (χ0v) is 12.6. The van der Waals surface area contributed by atoms with E-state index >= 15 is 0 Å². The van der Waals surface area contributed by atoms with Crippen molar-refractivity contribution in [3.05, 3.63) is 16.5 Å². The molecule has 2 heterocycles. The lowest BCUT2D eigenvalue weighted by atomic mass is 9.96. The van der Waals surface area contributed by atoms with E-state index in [1.165, 1.54) is 0 Å². The molecule has 2 amide bonds. The lowest BCUT2D eigenvalue weighted by Gasteiger charge is -2.27. The van der Waals surface area contributed by atoms with E-state index in [4.69, 9.17) is 0 Å². The number of imide groups is 1. The van der Waals surface area contributed by atoms with E-state index in [1.54, 1.807) is 11.0 Å². The fourth-order valence-corrected chi connectivity index (χ4v) is 2.08. The minimum absolute atomic E-state index is 0.124. The molecule has 0 spiro atoms. The highest BCUT2D eigenvalue weighted by Gasteiger charge is 2.26. The molecule has 7 heteroatoms. The van der Waals surface area contributed by atoms with E-state index in [-0.39, 0.29) is 30.3 Å². The Kier molecular flexibility index (Phi) is 3.58. The van der Waals surface area contributed by atoms with Gasteiger partial charge in [0.25, 0.3) is 0 Å². The molecule has 0 radical (unpaired) electrons. The molecule has 1 aromatic rings. The maximum absolute atomic E-state index is 11.4. The summed E-state index contributed by atoms with van der Waals surface area (Å²) in [4.78, 5) is 33.2. The molecule has 19 heavy (non-hydrogen) atoms. The van der Waals surface area contributed by atoms with Crippen molar-refractivity contribution in [2.75, 3.05) is 18.0 Å². The van der Waals surface area contributed by atoms with Gasteiger partial charge in [-0.2, -0.15) is 0 Å². The number of nitrogens with zero attached hydrogens (tertiary/aromatic N) is 3. The van der Waals surface area contributed by atoms with Crippen molar-refractivity contribution in [3.63, 3.8) is 0 Å². The van der Waals surface area contributed by atoms with Crippen LogP contribution in [0.5, 0.6) is 0 Å². The smallest absolute Gasteiger partial charge is 0.246 e. The van der Waals surface area contributed by atoms with E-state index in [0.717, 1.165) is 0 Å². The van der Waals surface area contributed by atoms with Crippen LogP contribution >= 0.6 is 15.9 Å². The molecule has 6 nitrogen and oxygen atoms in total. The van der Waals surface area contributed by atoms with Crippen molar-refractivity contribution < 1.29 is 9.59 Å². The van der Waals surface area contributed by atoms with Gasteiger partial charge in [0.2, 0.25) is 11.8 Å². The molecule has 1 saturated heterocycles. The van der Waals surface area contributed by atoms with Crippen molar-refractivity contribution in [1.29, 1.82) is 0 Å². The second-order valence-corrected chi connectivity index (χ2v) is 6.26. The molecule has 0 saturated carbocycles. The molecular weight excluding hydrogens is 312 g/mol. The van der Waals surface area contributed by atoms with Gasteiger partial charge in [0, 0.05) is 11.5 Å². The zero-order valence-electron chi connectivity index (χ0n) is 11.0. The molecule has 1 aliphatic rings. The SMILES string of the molecule is CC(C)(C)c1nc(Br)cc(N2CC(=O)NC(=O)C2)n1. The van der Waals surface area contributed by atoms with Gasteiger partial charge in [-0.15, -0.1) is 0 Å². The quantitative estimate of drug-likeness (QED) is 0.615. The van der Waals surface area contributed by atoms with E-state index in [2.05, 4.69) is 31.2 Å². The molecule has 0 unspecified atom stereocenters. The summed E-state index contributed by atoms with van der Waals surface area (Å²) in [5.41, 5.74) is -0.208. The van der Waals surface area contributed by atoms with Crippen molar-refractivity contribution in [2.24, 2.45) is 0 Å². The van der Waals surface area contributed by atoms with Crippen molar-refractivity contribution in [3.8, 4) is 0 Å². The summed E-state index contributed by atoms with van der Waals surface area (Å²) in [5, 5.41) is 2.26. The summed E-state index contributed by atoms with van der Waals surface area (Å²) < 4.78 is 0.640. The molecule has 0 bridgehead atoms. The van der Waals surface area contributed by atoms with Gasteiger partial charge in [0.1, 0.15) is 16.2 Å². The van der Waals surface area contributed by atoms with Crippen molar-refractivity contribution in [1.82, 2.24) is 15.3 Å². The molecule has 0 atom stereocenters. The number of hydrogen-bond acceptors (Lipinski definition) is 5. The van der Waals surface area contributed by atoms with Crippen LogP contribution in [0, 0.1) is 0 Å². The maximum atomic E-state index is 11.4. The summed E-state index contributed by atoms with van der Waals surface area (Å²) in [6.07, 6.45) is 0. The first-order valence-corrected chi connectivity index (χ1v) is 6.68. The highest BCUT2D eigenvalue weighted by atomic mass is 79.9. The van der Waals surface area contributed by atoms with E-state index < -0.39 is 0 Å². The van der Waals surface area contributed by atoms with Crippen LogP contribution in [0.25, 0.3) is 0 Å². The van der Waals surface area contributed by atoms with Crippen LogP contribution in [0.4, 0.5) is 5.82 Å². The Bertz CT molecular complexity index is 523. The highest BCUT2D eigenvalue weighted by Crippen LogP contribution is 2.24. The summed E-state index contributed by atoms with van der Waals surface area (Å²) in [6.45, 7) is 6.27. The Morgan fingerprint density at radius 3 is 2.32 bits per heavy atom. The van der Waals surface area contributed by atoms with Crippen LogP contribution in [0.2, 0.25) is 0 Å². The van der Waals surface area contributed by atoms with Gasteiger partial charge in [0.15, 0.2) is 0 Å². The maximum Gasteiger partial charge on any atom is 0.246 e. The van der Waals surface area contributed by atoms with Crippen molar-refractivity contribution >= 4 is 33.6 Å². The third-order valence-corrected chi connectivity index (χ3v) is 3.03. The molecule has 1 N–H and O–H groups in total. The largest absolute Gasteiger partial charge is 0.338 e. The Balaban J connectivity index is 2.37. The second kappa shape index (κ2) is 4.88. The van der Waals surface area contributed by atoms with Crippen LogP contribution in [0.1, 0.15) is 26.6 Å². The van der Waals surface area contributed by atoms with Gasteiger partial charge in [-0.1, -0.05) is 20.8 Å². The number of aromatic nitrogens is 2.